The molecule has 106 valence electrons. The summed E-state index contributed by atoms with van der Waals surface area (Å²) in [7, 11) is 1.83. The van der Waals surface area contributed by atoms with E-state index in [-0.39, 0.29) is 5.82 Å². The predicted molar refractivity (Wildman–Crippen MR) is 76.7 cm³/mol. The van der Waals surface area contributed by atoms with Crippen LogP contribution in [0.15, 0.2) is 12.3 Å². The van der Waals surface area contributed by atoms with Gasteiger partial charge in [-0.15, -0.1) is 0 Å². The minimum Gasteiger partial charge on any atom is -0.351 e. The third-order valence-electron chi connectivity index (χ3n) is 4.19. The highest BCUT2D eigenvalue weighted by Gasteiger charge is 2.31. The first-order valence-electron chi connectivity index (χ1n) is 7.09. The van der Waals surface area contributed by atoms with Gasteiger partial charge in [0.15, 0.2) is 11.6 Å². The van der Waals surface area contributed by atoms with Crippen LogP contribution in [0, 0.1) is 17.7 Å². The molecule has 0 aliphatic carbocycles. The van der Waals surface area contributed by atoms with Crippen LogP contribution >= 0.6 is 0 Å². The molecule has 0 saturated carbocycles. The van der Waals surface area contributed by atoms with Crippen LogP contribution in [-0.4, -0.2) is 24.6 Å². The summed E-state index contributed by atoms with van der Waals surface area (Å²) in [6.45, 7) is 8.06. The van der Waals surface area contributed by atoms with Gasteiger partial charge in [-0.3, -0.25) is 0 Å². The van der Waals surface area contributed by atoms with Gasteiger partial charge in [0.2, 0.25) is 0 Å². The number of rotatable bonds is 3. The van der Waals surface area contributed by atoms with Gasteiger partial charge in [0.1, 0.15) is 0 Å². The first kappa shape index (κ1) is 14.3. The van der Waals surface area contributed by atoms with E-state index in [1.165, 1.54) is 6.42 Å². The minimum atomic E-state index is -0.176. The second-order valence-electron chi connectivity index (χ2n) is 5.85. The number of anilines is 1. The molecule has 3 unspecified atom stereocenters. The summed E-state index contributed by atoms with van der Waals surface area (Å²) in [5.41, 5.74) is 0.686. The fourth-order valence-corrected chi connectivity index (χ4v) is 2.99. The lowest BCUT2D eigenvalue weighted by atomic mass is 9.86. The Kier molecular flexibility index (Phi) is 4.40. The minimum absolute atomic E-state index is 0.176. The van der Waals surface area contributed by atoms with Crippen molar-refractivity contribution in [3.63, 3.8) is 0 Å². The van der Waals surface area contributed by atoms with E-state index >= 15 is 0 Å². The molecule has 19 heavy (non-hydrogen) atoms. The van der Waals surface area contributed by atoms with E-state index in [2.05, 4.69) is 36.0 Å². The topological polar surface area (TPSA) is 28.2 Å². The van der Waals surface area contributed by atoms with Crippen LogP contribution in [0.2, 0.25) is 0 Å². The van der Waals surface area contributed by atoms with Crippen molar-refractivity contribution in [2.45, 2.75) is 39.8 Å². The van der Waals surface area contributed by atoms with E-state index in [0.717, 1.165) is 6.54 Å². The van der Waals surface area contributed by atoms with Crippen molar-refractivity contribution in [3.8, 4) is 0 Å². The molecule has 1 aromatic heterocycles. The number of nitrogens with zero attached hydrogens (tertiary/aromatic N) is 2. The quantitative estimate of drug-likeness (QED) is 0.911. The average molecular weight is 265 g/mol. The maximum atomic E-state index is 14.5. The van der Waals surface area contributed by atoms with Crippen molar-refractivity contribution >= 4 is 5.82 Å². The molecule has 1 fully saturated rings. The number of hydrogen-bond acceptors (Lipinski definition) is 3. The molecule has 4 heteroatoms. The summed E-state index contributed by atoms with van der Waals surface area (Å²) in [4.78, 5) is 6.42. The third-order valence-corrected chi connectivity index (χ3v) is 4.19. The Labute approximate surface area is 115 Å². The number of aromatic nitrogens is 1. The highest BCUT2D eigenvalue weighted by molar-refractivity contribution is 5.45. The van der Waals surface area contributed by atoms with Gasteiger partial charge in [0.25, 0.3) is 0 Å². The van der Waals surface area contributed by atoms with Gasteiger partial charge in [-0.05, 0) is 38.3 Å². The van der Waals surface area contributed by atoms with Crippen LogP contribution in [0.4, 0.5) is 10.2 Å². The van der Waals surface area contributed by atoms with E-state index < -0.39 is 0 Å². The Hall–Kier alpha value is -1.16. The molecular weight excluding hydrogens is 241 g/mol. The molecule has 2 rings (SSSR count). The summed E-state index contributed by atoms with van der Waals surface area (Å²) in [5, 5.41) is 3.00. The van der Waals surface area contributed by atoms with Crippen LogP contribution in [-0.2, 0) is 6.54 Å². The molecule has 0 radical (unpaired) electrons. The lowest BCUT2D eigenvalue weighted by molar-refractivity contribution is 0.293. The lowest BCUT2D eigenvalue weighted by Crippen LogP contribution is -2.46. The fourth-order valence-electron chi connectivity index (χ4n) is 2.99. The lowest BCUT2D eigenvalue weighted by Gasteiger charge is -2.42. The Morgan fingerprint density at radius 2 is 2.16 bits per heavy atom. The smallest absolute Gasteiger partial charge is 0.170 e. The zero-order valence-corrected chi connectivity index (χ0v) is 12.3. The molecular formula is C15H24FN3. The molecule has 1 aromatic rings. The van der Waals surface area contributed by atoms with Gasteiger partial charge >= 0.3 is 0 Å². The second-order valence-corrected chi connectivity index (χ2v) is 5.85. The summed E-state index contributed by atoms with van der Waals surface area (Å²) >= 11 is 0. The SMILES string of the molecule is CNCc1ccnc(N2CC(C)CC(C)C2C)c1F. The van der Waals surface area contributed by atoms with Gasteiger partial charge in [-0.1, -0.05) is 13.8 Å². The maximum Gasteiger partial charge on any atom is 0.170 e. The third kappa shape index (κ3) is 2.89. The number of hydrogen-bond donors (Lipinski definition) is 1. The number of piperidine rings is 1. The van der Waals surface area contributed by atoms with Crippen molar-refractivity contribution in [1.29, 1.82) is 0 Å². The Morgan fingerprint density at radius 3 is 2.84 bits per heavy atom. The Balaban J connectivity index is 2.32. The zero-order chi connectivity index (χ0) is 14.0. The molecule has 0 bridgehead atoms. The van der Waals surface area contributed by atoms with Crippen molar-refractivity contribution < 1.29 is 4.39 Å². The summed E-state index contributed by atoms with van der Waals surface area (Å²) in [6.07, 6.45) is 2.91. The van der Waals surface area contributed by atoms with Crippen LogP contribution in [0.5, 0.6) is 0 Å². The molecule has 0 amide bonds. The van der Waals surface area contributed by atoms with Gasteiger partial charge < -0.3 is 10.2 Å². The molecule has 1 saturated heterocycles. The van der Waals surface area contributed by atoms with E-state index in [1.807, 2.05) is 7.05 Å². The predicted octanol–water partition coefficient (Wildman–Crippen LogP) is 2.81. The van der Waals surface area contributed by atoms with Crippen molar-refractivity contribution in [1.82, 2.24) is 10.3 Å². The van der Waals surface area contributed by atoms with Crippen molar-refractivity contribution in [2.75, 3.05) is 18.5 Å². The summed E-state index contributed by atoms with van der Waals surface area (Å²) in [6, 6.07) is 2.08. The molecule has 1 aliphatic heterocycles. The van der Waals surface area contributed by atoms with Gasteiger partial charge in [-0.25, -0.2) is 9.37 Å². The summed E-state index contributed by atoms with van der Waals surface area (Å²) in [5.74, 6) is 1.49. The highest BCUT2D eigenvalue weighted by Crippen LogP contribution is 2.32. The normalized spacial score (nSPS) is 27.6. The van der Waals surface area contributed by atoms with Crippen molar-refractivity contribution in [2.24, 2.45) is 11.8 Å². The first-order chi connectivity index (χ1) is 9.04. The van der Waals surface area contributed by atoms with Crippen LogP contribution in [0.1, 0.15) is 32.8 Å². The highest BCUT2D eigenvalue weighted by atomic mass is 19.1. The van der Waals surface area contributed by atoms with E-state index in [4.69, 9.17) is 0 Å². The number of nitrogens with one attached hydrogen (secondary N) is 1. The molecule has 3 atom stereocenters. The standard InChI is InChI=1S/C15H24FN3/c1-10-7-11(2)12(3)19(9-10)15-14(16)13(8-17-4)5-6-18-15/h5-6,10-12,17H,7-9H2,1-4H3. The average Bonchev–Trinajstić information content (AvgIpc) is 2.37. The Morgan fingerprint density at radius 1 is 1.42 bits per heavy atom. The molecule has 0 aromatic carbocycles. The molecule has 2 heterocycles. The molecule has 1 N–H and O–H groups in total. The van der Waals surface area contributed by atoms with E-state index in [9.17, 15) is 4.39 Å². The molecule has 0 spiro atoms. The fraction of sp³-hybridized carbons (Fsp3) is 0.667. The van der Waals surface area contributed by atoms with Gasteiger partial charge in [0.05, 0.1) is 0 Å². The number of pyridine rings is 1. The van der Waals surface area contributed by atoms with Crippen LogP contribution < -0.4 is 10.2 Å². The molecule has 3 nitrogen and oxygen atoms in total. The van der Waals surface area contributed by atoms with Crippen molar-refractivity contribution in [3.05, 3.63) is 23.6 Å². The molecule has 1 aliphatic rings. The van der Waals surface area contributed by atoms with Crippen LogP contribution in [0.25, 0.3) is 0 Å². The second kappa shape index (κ2) is 5.87. The van der Waals surface area contributed by atoms with Gasteiger partial charge in [-0.2, -0.15) is 0 Å². The monoisotopic (exact) mass is 265 g/mol. The first-order valence-corrected chi connectivity index (χ1v) is 7.09. The van der Waals surface area contributed by atoms with E-state index in [1.54, 1.807) is 12.3 Å². The largest absolute Gasteiger partial charge is 0.351 e. The van der Waals surface area contributed by atoms with Crippen LogP contribution in [0.3, 0.4) is 0 Å². The maximum absolute atomic E-state index is 14.5. The van der Waals surface area contributed by atoms with E-state index in [0.29, 0.717) is 35.8 Å². The van der Waals surface area contributed by atoms with Gasteiger partial charge in [0, 0.05) is 30.9 Å². The zero-order valence-electron chi connectivity index (χ0n) is 12.3. The Bertz CT molecular complexity index is 435. The number of halogens is 1. The summed E-state index contributed by atoms with van der Waals surface area (Å²) < 4.78 is 14.5.